The summed E-state index contributed by atoms with van der Waals surface area (Å²) >= 11 is 1.32. The fourth-order valence-corrected chi connectivity index (χ4v) is 5.25. The summed E-state index contributed by atoms with van der Waals surface area (Å²) < 4.78 is 27.3. The molecule has 0 unspecified atom stereocenters. The monoisotopic (exact) mass is 422 g/mol. The van der Waals surface area contributed by atoms with Crippen LogP contribution in [-0.4, -0.2) is 41.9 Å². The van der Waals surface area contributed by atoms with E-state index in [1.807, 2.05) is 19.1 Å². The summed E-state index contributed by atoms with van der Waals surface area (Å²) in [5.41, 5.74) is 1.06. The van der Waals surface area contributed by atoms with Crippen molar-refractivity contribution < 1.29 is 13.2 Å². The summed E-state index contributed by atoms with van der Waals surface area (Å²) in [5.74, 6) is -0.346. The van der Waals surface area contributed by atoms with E-state index in [4.69, 9.17) is 0 Å². The van der Waals surface area contributed by atoms with Crippen molar-refractivity contribution >= 4 is 32.4 Å². The minimum atomic E-state index is -3.55. The van der Waals surface area contributed by atoms with Gasteiger partial charge in [-0.2, -0.15) is 4.31 Å². The van der Waals surface area contributed by atoms with E-state index in [-0.39, 0.29) is 17.2 Å². The van der Waals surface area contributed by atoms with Crippen molar-refractivity contribution in [3.63, 3.8) is 0 Å². The van der Waals surface area contributed by atoms with Crippen LogP contribution < -0.4 is 5.32 Å². The van der Waals surface area contributed by atoms with E-state index in [1.54, 1.807) is 12.1 Å². The molecule has 28 heavy (non-hydrogen) atoms. The Kier molecular flexibility index (Phi) is 5.88. The van der Waals surface area contributed by atoms with Crippen molar-refractivity contribution in [2.75, 3.05) is 18.4 Å². The van der Waals surface area contributed by atoms with Crippen LogP contribution in [-0.2, 0) is 20.2 Å². The Hall–Kier alpha value is -1.84. The first kappa shape index (κ1) is 20.9. The average Bonchev–Trinajstić information content (AvgIpc) is 3.06. The van der Waals surface area contributed by atoms with Crippen LogP contribution in [0.3, 0.4) is 0 Å². The number of hydrogen-bond donors (Lipinski definition) is 1. The highest BCUT2D eigenvalue weighted by Crippen LogP contribution is 2.28. The Bertz CT molecular complexity index is 938. The van der Waals surface area contributed by atoms with Gasteiger partial charge in [0.05, 0.1) is 4.90 Å². The molecule has 1 amide bonds. The van der Waals surface area contributed by atoms with Crippen molar-refractivity contribution in [1.82, 2.24) is 14.5 Å². The third kappa shape index (κ3) is 4.59. The van der Waals surface area contributed by atoms with Crippen LogP contribution >= 0.6 is 11.3 Å². The number of carbonyl (C=O) groups is 1. The third-order valence-corrected chi connectivity index (χ3v) is 7.61. The van der Waals surface area contributed by atoms with E-state index in [9.17, 15) is 13.2 Å². The summed E-state index contributed by atoms with van der Waals surface area (Å²) in [7, 11) is -3.55. The number of benzene rings is 1. The molecule has 7 nitrogen and oxygen atoms in total. The highest BCUT2D eigenvalue weighted by molar-refractivity contribution is 7.89. The van der Waals surface area contributed by atoms with E-state index >= 15 is 0 Å². The lowest BCUT2D eigenvalue weighted by Gasteiger charge is -2.30. The van der Waals surface area contributed by atoms with E-state index in [1.165, 1.54) is 15.6 Å². The molecule has 0 saturated carbocycles. The molecule has 0 atom stereocenters. The first-order valence-corrected chi connectivity index (χ1v) is 11.5. The summed E-state index contributed by atoms with van der Waals surface area (Å²) in [6.07, 6.45) is 0.978. The number of rotatable bonds is 4. The molecule has 152 valence electrons. The predicted octanol–water partition coefficient (Wildman–Crippen LogP) is 3.18. The van der Waals surface area contributed by atoms with Crippen LogP contribution in [0.5, 0.6) is 0 Å². The van der Waals surface area contributed by atoms with Gasteiger partial charge in [-0.1, -0.05) is 44.2 Å². The van der Waals surface area contributed by atoms with Gasteiger partial charge in [-0.3, -0.25) is 4.79 Å². The van der Waals surface area contributed by atoms with Gasteiger partial charge >= 0.3 is 0 Å². The van der Waals surface area contributed by atoms with Gasteiger partial charge in [-0.25, -0.2) is 8.42 Å². The first-order valence-electron chi connectivity index (χ1n) is 9.29. The molecule has 2 heterocycles. The molecule has 0 aliphatic carbocycles. The zero-order valence-corrected chi connectivity index (χ0v) is 18.2. The second kappa shape index (κ2) is 7.88. The van der Waals surface area contributed by atoms with E-state index in [0.717, 1.165) is 10.6 Å². The Morgan fingerprint density at radius 1 is 1.14 bits per heavy atom. The first-order chi connectivity index (χ1) is 13.1. The highest BCUT2D eigenvalue weighted by Gasteiger charge is 2.32. The van der Waals surface area contributed by atoms with Crippen LogP contribution in [0.15, 0.2) is 29.2 Å². The van der Waals surface area contributed by atoms with Crippen molar-refractivity contribution in [2.24, 2.45) is 5.92 Å². The summed E-state index contributed by atoms with van der Waals surface area (Å²) in [4.78, 5) is 12.7. The minimum absolute atomic E-state index is 0.0283. The molecule has 0 radical (unpaired) electrons. The standard InChI is InChI=1S/C19H26N4O3S2/c1-13-21-22-18(27-13)20-17(24)14-9-11-23(12-10-14)28(25,26)16-7-5-15(6-8-16)19(2,3)4/h5-8,14H,9-12H2,1-4H3,(H,20,22,24). The molecule has 1 saturated heterocycles. The van der Waals surface area contributed by atoms with E-state index in [2.05, 4.69) is 36.3 Å². The topological polar surface area (TPSA) is 92.3 Å². The van der Waals surface area contributed by atoms with E-state index < -0.39 is 10.0 Å². The van der Waals surface area contributed by atoms with Gasteiger partial charge in [-0.15, -0.1) is 10.2 Å². The second-order valence-electron chi connectivity index (χ2n) is 8.07. The molecule has 1 fully saturated rings. The number of nitrogens with zero attached hydrogens (tertiary/aromatic N) is 3. The molecule has 1 aromatic heterocycles. The van der Waals surface area contributed by atoms with Gasteiger partial charge in [-0.05, 0) is 42.9 Å². The third-order valence-electron chi connectivity index (χ3n) is 4.94. The molecule has 1 aliphatic rings. The second-order valence-corrected chi connectivity index (χ2v) is 11.2. The number of sulfonamides is 1. The van der Waals surface area contributed by atoms with Gasteiger partial charge in [0.15, 0.2) is 0 Å². The lowest BCUT2D eigenvalue weighted by molar-refractivity contribution is -0.120. The minimum Gasteiger partial charge on any atom is -0.300 e. The molecule has 0 spiro atoms. The molecular weight excluding hydrogens is 396 g/mol. The fraction of sp³-hybridized carbons (Fsp3) is 0.526. The highest BCUT2D eigenvalue weighted by atomic mass is 32.2. The maximum absolute atomic E-state index is 12.9. The summed E-state index contributed by atoms with van der Waals surface area (Å²) in [5, 5.41) is 11.8. The summed E-state index contributed by atoms with van der Waals surface area (Å²) in [6.45, 7) is 8.76. The molecule has 3 rings (SSSR count). The molecule has 1 aromatic carbocycles. The number of anilines is 1. The number of amides is 1. The van der Waals surface area contributed by atoms with Crippen LogP contribution in [0, 0.1) is 12.8 Å². The van der Waals surface area contributed by atoms with Crippen LogP contribution in [0.25, 0.3) is 0 Å². The number of piperidine rings is 1. The maximum Gasteiger partial charge on any atom is 0.243 e. The Labute approximate surface area is 170 Å². The zero-order valence-electron chi connectivity index (χ0n) is 16.6. The van der Waals surface area contributed by atoms with Gasteiger partial charge in [0.2, 0.25) is 21.1 Å². The van der Waals surface area contributed by atoms with E-state index in [0.29, 0.717) is 36.0 Å². The average molecular weight is 423 g/mol. The Morgan fingerprint density at radius 2 is 1.75 bits per heavy atom. The van der Waals surface area contributed by atoms with Crippen molar-refractivity contribution in [1.29, 1.82) is 0 Å². The number of carbonyl (C=O) groups excluding carboxylic acids is 1. The molecular formula is C19H26N4O3S2. The predicted molar refractivity (Wildman–Crippen MR) is 110 cm³/mol. The smallest absolute Gasteiger partial charge is 0.243 e. The fourth-order valence-electron chi connectivity index (χ4n) is 3.19. The van der Waals surface area contributed by atoms with Crippen molar-refractivity contribution in [2.45, 2.75) is 50.8 Å². The Morgan fingerprint density at radius 3 is 2.25 bits per heavy atom. The zero-order chi connectivity index (χ0) is 20.5. The number of aryl methyl sites for hydroxylation is 1. The number of aromatic nitrogens is 2. The van der Waals surface area contributed by atoms with Crippen molar-refractivity contribution in [3.8, 4) is 0 Å². The summed E-state index contributed by atoms with van der Waals surface area (Å²) in [6, 6.07) is 7.09. The number of hydrogen-bond acceptors (Lipinski definition) is 6. The molecule has 9 heteroatoms. The van der Waals surface area contributed by atoms with Gasteiger partial charge in [0.25, 0.3) is 0 Å². The molecule has 1 N–H and O–H groups in total. The normalized spacial score (nSPS) is 16.9. The Balaban J connectivity index is 1.62. The van der Waals surface area contributed by atoms with Crippen LogP contribution in [0.1, 0.15) is 44.2 Å². The van der Waals surface area contributed by atoms with Gasteiger partial charge in [0.1, 0.15) is 5.01 Å². The van der Waals surface area contributed by atoms with Crippen molar-refractivity contribution in [3.05, 3.63) is 34.8 Å². The van der Waals surface area contributed by atoms with Gasteiger partial charge < -0.3 is 5.32 Å². The van der Waals surface area contributed by atoms with Gasteiger partial charge in [0, 0.05) is 19.0 Å². The molecule has 0 bridgehead atoms. The quantitative estimate of drug-likeness (QED) is 0.817. The number of nitrogens with one attached hydrogen (secondary N) is 1. The lowest BCUT2D eigenvalue weighted by Crippen LogP contribution is -2.41. The van der Waals surface area contributed by atoms with Crippen LogP contribution in [0.2, 0.25) is 0 Å². The molecule has 2 aromatic rings. The largest absolute Gasteiger partial charge is 0.300 e. The van der Waals surface area contributed by atoms with Crippen LogP contribution in [0.4, 0.5) is 5.13 Å². The molecule has 1 aliphatic heterocycles. The SMILES string of the molecule is Cc1nnc(NC(=O)C2CCN(S(=O)(=O)c3ccc(C(C)(C)C)cc3)CC2)s1. The maximum atomic E-state index is 12.9. The lowest BCUT2D eigenvalue weighted by atomic mass is 9.87.